The van der Waals surface area contributed by atoms with Crippen LogP contribution in [0.5, 0.6) is 0 Å². The lowest BCUT2D eigenvalue weighted by atomic mass is 9.86. The van der Waals surface area contributed by atoms with Crippen LogP contribution in [0.2, 0.25) is 0 Å². The zero-order chi connectivity index (χ0) is 12.3. The Morgan fingerprint density at radius 1 is 1.06 bits per heavy atom. The summed E-state index contributed by atoms with van der Waals surface area (Å²) in [6.45, 7) is 7.89. The molecule has 0 unspecified atom stereocenters. The average Bonchev–Trinajstić information content (AvgIpc) is 2.30. The summed E-state index contributed by atoms with van der Waals surface area (Å²) in [6, 6.07) is 8.94. The Hall–Kier alpha value is -1.24. The summed E-state index contributed by atoms with van der Waals surface area (Å²) in [4.78, 5) is 0. The van der Waals surface area contributed by atoms with Crippen molar-refractivity contribution in [3.63, 3.8) is 0 Å². The van der Waals surface area contributed by atoms with Crippen molar-refractivity contribution < 1.29 is 0 Å². The smallest absolute Gasteiger partial charge is 0.0144 e. The zero-order valence-corrected chi connectivity index (χ0v) is 11.2. The maximum atomic E-state index is 3.47. The van der Waals surface area contributed by atoms with Crippen LogP contribution >= 0.6 is 0 Å². The molecule has 0 aromatic heterocycles. The van der Waals surface area contributed by atoms with Gasteiger partial charge in [-0.3, -0.25) is 0 Å². The molecule has 1 nitrogen and oxygen atoms in total. The predicted octanol–water partition coefficient (Wildman–Crippen LogP) is 4.10. The molecule has 0 amide bonds. The van der Waals surface area contributed by atoms with Gasteiger partial charge in [0.25, 0.3) is 0 Å². The minimum absolute atomic E-state index is 0.245. The Balaban J connectivity index is 2.12. The highest BCUT2D eigenvalue weighted by molar-refractivity contribution is 5.53. The lowest BCUT2D eigenvalue weighted by Gasteiger charge is -2.19. The molecule has 1 aromatic carbocycles. The van der Waals surface area contributed by atoms with Gasteiger partial charge in [0.1, 0.15) is 0 Å². The Labute approximate surface area is 105 Å². The van der Waals surface area contributed by atoms with E-state index in [-0.39, 0.29) is 5.41 Å². The van der Waals surface area contributed by atoms with Gasteiger partial charge in [-0.15, -0.1) is 0 Å². The maximum absolute atomic E-state index is 3.47. The second-order valence-corrected chi connectivity index (χ2v) is 5.93. The second kappa shape index (κ2) is 4.95. The molecule has 1 saturated heterocycles. The third kappa shape index (κ3) is 3.36. The Morgan fingerprint density at radius 3 is 2.29 bits per heavy atom. The molecule has 0 radical (unpaired) electrons. The third-order valence-electron chi connectivity index (χ3n) is 3.34. The Morgan fingerprint density at radius 2 is 1.76 bits per heavy atom. The van der Waals surface area contributed by atoms with E-state index >= 15 is 0 Å². The molecule has 0 bridgehead atoms. The van der Waals surface area contributed by atoms with Gasteiger partial charge in [-0.05, 0) is 41.9 Å². The van der Waals surface area contributed by atoms with Crippen molar-refractivity contribution in [3.8, 4) is 0 Å². The summed E-state index contributed by atoms with van der Waals surface area (Å²) in [5, 5.41) is 3.47. The lowest BCUT2D eigenvalue weighted by Crippen LogP contribution is -2.19. The fourth-order valence-electron chi connectivity index (χ4n) is 2.18. The molecule has 1 N–H and O–H groups in total. The average molecular weight is 229 g/mol. The highest BCUT2D eigenvalue weighted by atomic mass is 14.9. The van der Waals surface area contributed by atoms with Gasteiger partial charge >= 0.3 is 0 Å². The van der Waals surface area contributed by atoms with Crippen LogP contribution in [-0.2, 0) is 5.41 Å². The summed E-state index contributed by atoms with van der Waals surface area (Å²) in [5.41, 5.74) is 4.34. The van der Waals surface area contributed by atoms with E-state index in [1.165, 1.54) is 36.1 Å². The van der Waals surface area contributed by atoms with Gasteiger partial charge < -0.3 is 5.32 Å². The second-order valence-electron chi connectivity index (χ2n) is 5.93. The van der Waals surface area contributed by atoms with Crippen LogP contribution in [0.3, 0.4) is 0 Å². The first kappa shape index (κ1) is 12.2. The molecule has 17 heavy (non-hydrogen) atoms. The van der Waals surface area contributed by atoms with E-state index in [1.807, 2.05) is 0 Å². The number of rotatable bonds is 1. The van der Waals surface area contributed by atoms with Crippen molar-refractivity contribution in [2.75, 3.05) is 6.54 Å². The summed E-state index contributed by atoms with van der Waals surface area (Å²) in [5.74, 6) is 0. The molecule has 1 heterocycles. The molecule has 0 aliphatic carbocycles. The van der Waals surface area contributed by atoms with Crippen LogP contribution in [0.4, 0.5) is 0 Å². The minimum atomic E-state index is 0.245. The molecule has 92 valence electrons. The van der Waals surface area contributed by atoms with Gasteiger partial charge in [-0.2, -0.15) is 0 Å². The molecule has 1 aliphatic heterocycles. The molecule has 0 saturated carbocycles. The number of hydrogen-bond acceptors (Lipinski definition) is 1. The van der Waals surface area contributed by atoms with Crippen molar-refractivity contribution >= 4 is 6.08 Å². The maximum Gasteiger partial charge on any atom is 0.0144 e. The summed E-state index contributed by atoms with van der Waals surface area (Å²) >= 11 is 0. The normalized spacial score (nSPS) is 19.1. The van der Waals surface area contributed by atoms with Crippen molar-refractivity contribution in [3.05, 3.63) is 41.1 Å². The number of hydrogen-bond donors (Lipinski definition) is 1. The van der Waals surface area contributed by atoms with Crippen LogP contribution in [0.25, 0.3) is 6.08 Å². The van der Waals surface area contributed by atoms with E-state index in [9.17, 15) is 0 Å². The first-order valence-corrected chi connectivity index (χ1v) is 6.61. The first-order chi connectivity index (χ1) is 8.05. The lowest BCUT2D eigenvalue weighted by molar-refractivity contribution is 0.589. The quantitative estimate of drug-likeness (QED) is 0.764. The molecule has 0 spiro atoms. The third-order valence-corrected chi connectivity index (χ3v) is 3.34. The molecule has 1 fully saturated rings. The van der Waals surface area contributed by atoms with Crippen LogP contribution < -0.4 is 5.32 Å². The van der Waals surface area contributed by atoms with Crippen molar-refractivity contribution in [2.45, 2.75) is 45.4 Å². The van der Waals surface area contributed by atoms with Gasteiger partial charge in [-0.25, -0.2) is 0 Å². The molecule has 1 heteroatoms. The van der Waals surface area contributed by atoms with E-state index in [1.54, 1.807) is 0 Å². The van der Waals surface area contributed by atoms with Crippen LogP contribution in [0, 0.1) is 0 Å². The zero-order valence-electron chi connectivity index (χ0n) is 11.2. The van der Waals surface area contributed by atoms with Crippen LogP contribution in [0.1, 0.15) is 51.2 Å². The van der Waals surface area contributed by atoms with Crippen LogP contribution in [-0.4, -0.2) is 6.54 Å². The van der Waals surface area contributed by atoms with E-state index in [4.69, 9.17) is 0 Å². The fourth-order valence-corrected chi connectivity index (χ4v) is 2.18. The molecule has 2 rings (SSSR count). The monoisotopic (exact) mass is 229 g/mol. The van der Waals surface area contributed by atoms with Crippen molar-refractivity contribution in [1.82, 2.24) is 5.32 Å². The van der Waals surface area contributed by atoms with E-state index in [2.05, 4.69) is 56.4 Å². The Bertz CT molecular complexity index is 385. The number of allylic oxidation sites excluding steroid dienone is 1. The predicted molar refractivity (Wildman–Crippen MR) is 75.0 cm³/mol. The SMILES string of the molecule is CC(C)(C)c1ccc(/C=C2\CCCCN2)cc1. The largest absolute Gasteiger partial charge is 0.388 e. The van der Waals surface area contributed by atoms with Crippen molar-refractivity contribution in [2.24, 2.45) is 0 Å². The van der Waals surface area contributed by atoms with Gasteiger partial charge in [0, 0.05) is 12.2 Å². The van der Waals surface area contributed by atoms with E-state index in [0.717, 1.165) is 6.54 Å². The van der Waals surface area contributed by atoms with E-state index in [0.29, 0.717) is 0 Å². The molecule has 1 aromatic rings. The molecule has 0 atom stereocenters. The standard InChI is InChI=1S/C16H23N/c1-16(2,3)14-9-7-13(8-10-14)12-15-6-4-5-11-17-15/h7-10,12,17H,4-6,11H2,1-3H3/b15-12+. The highest BCUT2D eigenvalue weighted by Gasteiger charge is 2.12. The summed E-state index contributed by atoms with van der Waals surface area (Å²) < 4.78 is 0. The Kier molecular flexibility index (Phi) is 3.56. The topological polar surface area (TPSA) is 12.0 Å². The number of benzene rings is 1. The highest BCUT2D eigenvalue weighted by Crippen LogP contribution is 2.23. The van der Waals surface area contributed by atoms with Gasteiger partial charge in [-0.1, -0.05) is 45.0 Å². The molecular formula is C16H23N. The first-order valence-electron chi connectivity index (χ1n) is 6.61. The van der Waals surface area contributed by atoms with Gasteiger partial charge in [0.15, 0.2) is 0 Å². The number of piperidine rings is 1. The molecule has 1 aliphatic rings. The van der Waals surface area contributed by atoms with Crippen molar-refractivity contribution in [1.29, 1.82) is 0 Å². The number of nitrogens with one attached hydrogen (secondary N) is 1. The molecular weight excluding hydrogens is 206 g/mol. The van der Waals surface area contributed by atoms with Gasteiger partial charge in [0.05, 0.1) is 0 Å². The summed E-state index contributed by atoms with van der Waals surface area (Å²) in [7, 11) is 0. The van der Waals surface area contributed by atoms with Crippen LogP contribution in [0.15, 0.2) is 30.0 Å². The minimum Gasteiger partial charge on any atom is -0.388 e. The van der Waals surface area contributed by atoms with E-state index < -0.39 is 0 Å². The van der Waals surface area contributed by atoms with Gasteiger partial charge in [0.2, 0.25) is 0 Å². The summed E-state index contributed by atoms with van der Waals surface area (Å²) in [6.07, 6.45) is 6.10. The fraction of sp³-hybridized carbons (Fsp3) is 0.500.